The van der Waals surface area contributed by atoms with E-state index in [1.54, 1.807) is 7.11 Å². The Morgan fingerprint density at radius 2 is 1.79 bits per heavy atom. The van der Waals surface area contributed by atoms with Gasteiger partial charge in [-0.3, -0.25) is 0 Å². The second-order valence-electron chi connectivity index (χ2n) is 9.25. The highest BCUT2D eigenvalue weighted by atomic mass is 79.9. The Balaban J connectivity index is 0.00000158. The molecule has 0 radical (unpaired) electrons. The van der Waals surface area contributed by atoms with Gasteiger partial charge in [0.1, 0.15) is 23.9 Å². The average Bonchev–Trinajstić information content (AvgIpc) is 2.82. The first-order chi connectivity index (χ1) is 16.4. The van der Waals surface area contributed by atoms with Crippen molar-refractivity contribution in [3.05, 3.63) is 52.0 Å². The van der Waals surface area contributed by atoms with Crippen LogP contribution < -0.4 is 14.4 Å². The van der Waals surface area contributed by atoms with Gasteiger partial charge in [0, 0.05) is 31.2 Å². The van der Waals surface area contributed by atoms with Gasteiger partial charge >= 0.3 is 0 Å². The molecule has 1 aliphatic heterocycles. The predicted octanol–water partition coefficient (Wildman–Crippen LogP) is 6.21. The molecular weight excluding hydrogens is 492 g/mol. The molecule has 1 aliphatic carbocycles. The standard InChI is InChI=1S/C26H33BrN2O3.C2H6/c1-28-13-9-22(10-14-28)32-24-16-20(27)15-23(26(18-30)11-4-12-26)25(24)29(2)17-19-5-7-21(31-3)8-6-19;1-2/h5-8,15-16,18,22H,4,9-14,17H2,1-3H3;1-2H3. The van der Waals surface area contributed by atoms with E-state index in [-0.39, 0.29) is 6.10 Å². The van der Waals surface area contributed by atoms with E-state index in [4.69, 9.17) is 9.47 Å². The van der Waals surface area contributed by atoms with Crippen molar-refractivity contribution in [3.8, 4) is 11.5 Å². The van der Waals surface area contributed by atoms with Gasteiger partial charge in [-0.2, -0.15) is 0 Å². The number of carbonyl (C=O) groups is 1. The van der Waals surface area contributed by atoms with Crippen LogP contribution in [0.3, 0.4) is 0 Å². The van der Waals surface area contributed by atoms with E-state index in [0.717, 1.165) is 85.2 Å². The number of methoxy groups -OCH3 is 1. The predicted molar refractivity (Wildman–Crippen MR) is 143 cm³/mol. The lowest BCUT2D eigenvalue weighted by atomic mass is 9.65. The van der Waals surface area contributed by atoms with E-state index in [0.29, 0.717) is 0 Å². The highest BCUT2D eigenvalue weighted by Gasteiger charge is 2.42. The molecule has 2 aromatic rings. The monoisotopic (exact) mass is 530 g/mol. The Morgan fingerprint density at radius 3 is 2.32 bits per heavy atom. The lowest BCUT2D eigenvalue weighted by Crippen LogP contribution is -2.38. The summed E-state index contributed by atoms with van der Waals surface area (Å²) in [5.41, 5.74) is 2.88. The Hall–Kier alpha value is -2.05. The van der Waals surface area contributed by atoms with E-state index in [1.807, 2.05) is 26.0 Å². The maximum absolute atomic E-state index is 12.3. The maximum Gasteiger partial charge on any atom is 0.144 e. The molecule has 1 heterocycles. The number of hydrogen-bond acceptors (Lipinski definition) is 5. The zero-order valence-electron chi connectivity index (χ0n) is 21.3. The van der Waals surface area contributed by atoms with Gasteiger partial charge in [-0.1, -0.05) is 48.3 Å². The minimum atomic E-state index is -0.418. The van der Waals surface area contributed by atoms with Crippen LogP contribution in [0.2, 0.25) is 0 Å². The third-order valence-electron chi connectivity index (χ3n) is 6.97. The fraction of sp³-hybridized carbons (Fsp3) is 0.536. The van der Waals surface area contributed by atoms with Crippen LogP contribution in [-0.4, -0.2) is 51.6 Å². The molecule has 6 heteroatoms. The molecule has 186 valence electrons. The second kappa shape index (κ2) is 12.1. The molecule has 2 aliphatic rings. The van der Waals surface area contributed by atoms with E-state index in [1.165, 1.54) is 5.56 Å². The minimum absolute atomic E-state index is 0.190. The van der Waals surface area contributed by atoms with Crippen molar-refractivity contribution >= 4 is 27.9 Å². The van der Waals surface area contributed by atoms with Crippen molar-refractivity contribution in [2.75, 3.05) is 39.2 Å². The van der Waals surface area contributed by atoms with E-state index >= 15 is 0 Å². The van der Waals surface area contributed by atoms with Crippen LogP contribution in [0.15, 0.2) is 40.9 Å². The molecule has 1 saturated heterocycles. The fourth-order valence-electron chi connectivity index (χ4n) is 4.81. The van der Waals surface area contributed by atoms with Crippen LogP contribution in [0.25, 0.3) is 0 Å². The van der Waals surface area contributed by atoms with Gasteiger partial charge in [0.05, 0.1) is 18.2 Å². The second-order valence-corrected chi connectivity index (χ2v) is 10.2. The SMILES string of the molecule is CC.COc1ccc(CN(C)c2c(OC3CCN(C)CC3)cc(Br)cc2C2(C=O)CCC2)cc1. The smallest absolute Gasteiger partial charge is 0.144 e. The number of ether oxygens (including phenoxy) is 2. The molecule has 0 spiro atoms. The molecule has 34 heavy (non-hydrogen) atoms. The van der Waals surface area contributed by atoms with Gasteiger partial charge in [-0.25, -0.2) is 0 Å². The topological polar surface area (TPSA) is 42.0 Å². The fourth-order valence-corrected chi connectivity index (χ4v) is 5.25. The van der Waals surface area contributed by atoms with Crippen LogP contribution in [0.5, 0.6) is 11.5 Å². The number of piperidine rings is 1. The summed E-state index contributed by atoms with van der Waals surface area (Å²) in [7, 11) is 5.93. The Morgan fingerprint density at radius 1 is 1.15 bits per heavy atom. The highest BCUT2D eigenvalue weighted by Crippen LogP contribution is 2.50. The molecule has 0 unspecified atom stereocenters. The number of rotatable bonds is 8. The molecule has 0 atom stereocenters. The van der Waals surface area contributed by atoms with E-state index < -0.39 is 5.41 Å². The van der Waals surface area contributed by atoms with Gasteiger partial charge in [0.25, 0.3) is 0 Å². The number of nitrogens with zero attached hydrogens (tertiary/aromatic N) is 2. The Bertz CT molecular complexity index is 935. The van der Waals surface area contributed by atoms with Crippen molar-refractivity contribution < 1.29 is 14.3 Å². The molecular formula is C28H39BrN2O3. The molecule has 0 N–H and O–H groups in total. The molecule has 5 nitrogen and oxygen atoms in total. The lowest BCUT2D eigenvalue weighted by Gasteiger charge is -2.41. The first kappa shape index (κ1) is 26.6. The average molecular weight is 532 g/mol. The minimum Gasteiger partial charge on any atom is -0.497 e. The zero-order chi connectivity index (χ0) is 24.7. The van der Waals surface area contributed by atoms with Crippen LogP contribution in [0.1, 0.15) is 57.1 Å². The summed E-state index contributed by atoms with van der Waals surface area (Å²) in [5, 5.41) is 0. The van der Waals surface area contributed by atoms with Gasteiger partial charge in [-0.05, 0) is 68.1 Å². The number of aldehydes is 1. The van der Waals surface area contributed by atoms with Crippen molar-refractivity contribution in [2.24, 2.45) is 0 Å². The number of anilines is 1. The van der Waals surface area contributed by atoms with Gasteiger partial charge < -0.3 is 24.1 Å². The molecule has 1 saturated carbocycles. The normalized spacial score (nSPS) is 17.7. The molecule has 2 aromatic carbocycles. The maximum atomic E-state index is 12.3. The summed E-state index contributed by atoms with van der Waals surface area (Å²) >= 11 is 3.69. The van der Waals surface area contributed by atoms with Crippen LogP contribution in [0, 0.1) is 0 Å². The van der Waals surface area contributed by atoms with Gasteiger partial charge in [0.2, 0.25) is 0 Å². The zero-order valence-corrected chi connectivity index (χ0v) is 22.9. The number of hydrogen-bond donors (Lipinski definition) is 0. The van der Waals surface area contributed by atoms with Crippen molar-refractivity contribution in [2.45, 2.75) is 64.0 Å². The van der Waals surface area contributed by atoms with Crippen LogP contribution in [0.4, 0.5) is 5.69 Å². The number of halogens is 1. The number of carbonyl (C=O) groups excluding carboxylic acids is 1. The third-order valence-corrected chi connectivity index (χ3v) is 7.43. The number of likely N-dealkylation sites (tertiary alicyclic amines) is 1. The highest BCUT2D eigenvalue weighted by molar-refractivity contribution is 9.10. The Kier molecular flexibility index (Phi) is 9.43. The summed E-state index contributed by atoms with van der Waals surface area (Å²) in [6.45, 7) is 6.80. The Labute approximate surface area is 213 Å². The van der Waals surface area contributed by atoms with Crippen molar-refractivity contribution in [3.63, 3.8) is 0 Å². The molecule has 0 aromatic heterocycles. The summed E-state index contributed by atoms with van der Waals surface area (Å²) < 4.78 is 12.9. The molecule has 4 rings (SSSR count). The number of benzene rings is 2. The largest absolute Gasteiger partial charge is 0.497 e. The summed E-state index contributed by atoms with van der Waals surface area (Å²) in [4.78, 5) is 16.8. The van der Waals surface area contributed by atoms with Crippen molar-refractivity contribution in [1.29, 1.82) is 0 Å². The van der Waals surface area contributed by atoms with Crippen LogP contribution >= 0.6 is 15.9 Å². The van der Waals surface area contributed by atoms with Gasteiger partial charge in [-0.15, -0.1) is 0 Å². The first-order valence-corrected chi connectivity index (χ1v) is 13.2. The van der Waals surface area contributed by atoms with E-state index in [9.17, 15) is 4.79 Å². The van der Waals surface area contributed by atoms with Crippen LogP contribution in [-0.2, 0) is 16.8 Å². The molecule has 0 amide bonds. The van der Waals surface area contributed by atoms with Crippen molar-refractivity contribution in [1.82, 2.24) is 4.90 Å². The van der Waals surface area contributed by atoms with Gasteiger partial charge in [0.15, 0.2) is 0 Å². The summed E-state index contributed by atoms with van der Waals surface area (Å²) in [6, 6.07) is 12.3. The third kappa shape index (κ3) is 5.95. The summed E-state index contributed by atoms with van der Waals surface area (Å²) in [5.74, 6) is 1.72. The molecule has 0 bridgehead atoms. The quantitative estimate of drug-likeness (QED) is 0.379. The molecule has 2 fully saturated rings. The first-order valence-electron chi connectivity index (χ1n) is 12.4. The van der Waals surface area contributed by atoms with E-state index in [2.05, 4.69) is 64.1 Å². The summed E-state index contributed by atoms with van der Waals surface area (Å²) in [6.07, 6.45) is 6.24. The lowest BCUT2D eigenvalue weighted by molar-refractivity contribution is -0.115.